The molecule has 1 heterocycles. The van der Waals surface area contributed by atoms with Crippen molar-refractivity contribution in [1.29, 1.82) is 0 Å². The molecule has 0 radical (unpaired) electrons. The number of piperazine rings is 1. The highest BCUT2D eigenvalue weighted by Crippen LogP contribution is 2.24. The summed E-state index contributed by atoms with van der Waals surface area (Å²) in [5, 5.41) is 0. The van der Waals surface area contributed by atoms with Crippen LogP contribution in [-0.2, 0) is 0 Å². The Labute approximate surface area is 159 Å². The molecule has 1 saturated heterocycles. The van der Waals surface area contributed by atoms with Gasteiger partial charge in [-0.2, -0.15) is 0 Å². The first-order valence-corrected chi connectivity index (χ1v) is 8.93. The lowest BCUT2D eigenvalue weighted by Crippen LogP contribution is -2.55. The molecule has 0 aromatic heterocycles. The molecule has 27 heavy (non-hydrogen) atoms. The van der Waals surface area contributed by atoms with Crippen LogP contribution in [0.5, 0.6) is 11.5 Å². The van der Waals surface area contributed by atoms with Gasteiger partial charge in [-0.25, -0.2) is 0 Å². The summed E-state index contributed by atoms with van der Waals surface area (Å²) in [6.07, 6.45) is 0. The number of hydrogen-bond acceptors (Lipinski definition) is 4. The van der Waals surface area contributed by atoms with Crippen LogP contribution in [0.4, 0.5) is 0 Å². The third-order valence-electron chi connectivity index (χ3n) is 4.85. The molecular formula is C21H24N2O4. The van der Waals surface area contributed by atoms with E-state index in [1.165, 1.54) is 0 Å². The van der Waals surface area contributed by atoms with Gasteiger partial charge in [0.25, 0.3) is 11.8 Å². The zero-order valence-corrected chi connectivity index (χ0v) is 15.8. The molecule has 1 aliphatic rings. The fourth-order valence-electron chi connectivity index (χ4n) is 3.41. The number of carbonyl (C=O) groups is 2. The molecule has 2 amide bonds. The Kier molecular flexibility index (Phi) is 5.64. The normalized spacial score (nSPS) is 16.8. The zero-order chi connectivity index (χ0) is 19.4. The molecule has 0 bridgehead atoms. The summed E-state index contributed by atoms with van der Waals surface area (Å²) >= 11 is 0. The van der Waals surface area contributed by atoms with E-state index in [1.54, 1.807) is 48.3 Å². The summed E-state index contributed by atoms with van der Waals surface area (Å²) in [5.74, 6) is 0.956. The summed E-state index contributed by atoms with van der Waals surface area (Å²) in [5.41, 5.74) is 1.08. The fourth-order valence-corrected chi connectivity index (χ4v) is 3.41. The predicted octanol–water partition coefficient (Wildman–Crippen LogP) is 2.69. The molecule has 2 aromatic rings. The summed E-state index contributed by atoms with van der Waals surface area (Å²) in [4.78, 5) is 29.4. The molecule has 142 valence electrons. The third kappa shape index (κ3) is 3.74. The van der Waals surface area contributed by atoms with Gasteiger partial charge in [0.05, 0.1) is 25.3 Å². The minimum atomic E-state index is -0.102. The molecule has 0 spiro atoms. The maximum Gasteiger partial charge on any atom is 0.257 e. The molecule has 1 atom stereocenters. The van der Waals surface area contributed by atoms with Crippen molar-refractivity contribution in [3.05, 3.63) is 59.7 Å². The van der Waals surface area contributed by atoms with Gasteiger partial charge in [0.1, 0.15) is 11.5 Å². The molecule has 0 saturated carbocycles. The predicted molar refractivity (Wildman–Crippen MR) is 102 cm³/mol. The number of methoxy groups -OCH3 is 2. The van der Waals surface area contributed by atoms with Crippen molar-refractivity contribution < 1.29 is 19.1 Å². The van der Waals surface area contributed by atoms with Gasteiger partial charge in [0.15, 0.2) is 0 Å². The Balaban J connectivity index is 1.74. The van der Waals surface area contributed by atoms with Crippen molar-refractivity contribution in [3.8, 4) is 11.5 Å². The van der Waals surface area contributed by atoms with Crippen LogP contribution in [0.3, 0.4) is 0 Å². The highest BCUT2D eigenvalue weighted by Gasteiger charge is 2.32. The Morgan fingerprint density at radius 1 is 0.852 bits per heavy atom. The van der Waals surface area contributed by atoms with E-state index in [0.29, 0.717) is 42.3 Å². The van der Waals surface area contributed by atoms with E-state index in [-0.39, 0.29) is 17.9 Å². The van der Waals surface area contributed by atoms with Gasteiger partial charge in [-0.1, -0.05) is 24.3 Å². The van der Waals surface area contributed by atoms with Crippen LogP contribution in [0.2, 0.25) is 0 Å². The molecule has 1 aliphatic heterocycles. The van der Waals surface area contributed by atoms with Crippen molar-refractivity contribution >= 4 is 11.8 Å². The fraction of sp³-hybridized carbons (Fsp3) is 0.333. The summed E-state index contributed by atoms with van der Waals surface area (Å²) < 4.78 is 10.6. The number of para-hydroxylation sites is 2. The first-order chi connectivity index (χ1) is 13.1. The molecule has 3 rings (SSSR count). The van der Waals surface area contributed by atoms with Crippen LogP contribution < -0.4 is 9.47 Å². The van der Waals surface area contributed by atoms with E-state index in [9.17, 15) is 9.59 Å². The average Bonchev–Trinajstić information content (AvgIpc) is 2.72. The maximum atomic E-state index is 13.0. The van der Waals surface area contributed by atoms with E-state index in [4.69, 9.17) is 9.47 Å². The number of benzene rings is 2. The second-order valence-electron chi connectivity index (χ2n) is 6.50. The zero-order valence-electron chi connectivity index (χ0n) is 15.8. The highest BCUT2D eigenvalue weighted by molar-refractivity contribution is 5.98. The topological polar surface area (TPSA) is 59.1 Å². The first-order valence-electron chi connectivity index (χ1n) is 8.93. The molecule has 0 N–H and O–H groups in total. The number of nitrogens with zero attached hydrogens (tertiary/aromatic N) is 2. The standard InChI is InChI=1S/C21H24N2O4/c1-15-14-22(20(24)16-8-4-6-10-18(16)26-2)12-13-23(15)21(25)17-9-5-7-11-19(17)27-3/h4-11,15H,12-14H2,1-3H3. The number of amides is 2. The van der Waals surface area contributed by atoms with E-state index in [0.717, 1.165) is 0 Å². The lowest BCUT2D eigenvalue weighted by atomic mass is 10.1. The Hall–Kier alpha value is -3.02. The van der Waals surface area contributed by atoms with Crippen molar-refractivity contribution in [2.24, 2.45) is 0 Å². The summed E-state index contributed by atoms with van der Waals surface area (Å²) in [6.45, 7) is 3.37. The summed E-state index contributed by atoms with van der Waals surface area (Å²) in [7, 11) is 3.11. The van der Waals surface area contributed by atoms with Gasteiger partial charge in [0.2, 0.25) is 0 Å². The second-order valence-corrected chi connectivity index (χ2v) is 6.50. The Morgan fingerprint density at radius 2 is 1.37 bits per heavy atom. The molecule has 0 aliphatic carbocycles. The molecule has 1 fully saturated rings. The van der Waals surface area contributed by atoms with Gasteiger partial charge in [-0.05, 0) is 31.2 Å². The number of hydrogen-bond donors (Lipinski definition) is 0. The van der Waals surface area contributed by atoms with E-state index in [1.807, 2.05) is 31.2 Å². The quantitative estimate of drug-likeness (QED) is 0.833. The SMILES string of the molecule is COc1ccccc1C(=O)N1CCN(C(=O)c2ccccc2OC)C(C)C1. The molecular weight excluding hydrogens is 344 g/mol. The van der Waals surface area contributed by atoms with Crippen LogP contribution in [0.1, 0.15) is 27.6 Å². The molecule has 1 unspecified atom stereocenters. The van der Waals surface area contributed by atoms with Crippen molar-refractivity contribution in [2.75, 3.05) is 33.9 Å². The molecule has 6 heteroatoms. The van der Waals surface area contributed by atoms with Gasteiger partial charge < -0.3 is 19.3 Å². The summed E-state index contributed by atoms with van der Waals surface area (Å²) in [6, 6.07) is 14.3. The van der Waals surface area contributed by atoms with Crippen LogP contribution >= 0.6 is 0 Å². The minimum Gasteiger partial charge on any atom is -0.496 e. The van der Waals surface area contributed by atoms with Gasteiger partial charge >= 0.3 is 0 Å². The van der Waals surface area contributed by atoms with E-state index >= 15 is 0 Å². The smallest absolute Gasteiger partial charge is 0.257 e. The molecule has 2 aromatic carbocycles. The largest absolute Gasteiger partial charge is 0.496 e. The number of rotatable bonds is 4. The van der Waals surface area contributed by atoms with Crippen molar-refractivity contribution in [1.82, 2.24) is 9.80 Å². The molecule has 6 nitrogen and oxygen atoms in total. The maximum absolute atomic E-state index is 13.0. The van der Waals surface area contributed by atoms with Crippen LogP contribution in [-0.4, -0.2) is 61.5 Å². The number of ether oxygens (including phenoxy) is 2. The van der Waals surface area contributed by atoms with Gasteiger partial charge in [-0.3, -0.25) is 9.59 Å². The van der Waals surface area contributed by atoms with Gasteiger partial charge in [-0.15, -0.1) is 0 Å². The highest BCUT2D eigenvalue weighted by atomic mass is 16.5. The second kappa shape index (κ2) is 8.12. The average molecular weight is 368 g/mol. The lowest BCUT2D eigenvalue weighted by molar-refractivity contribution is 0.0411. The lowest BCUT2D eigenvalue weighted by Gasteiger charge is -2.40. The third-order valence-corrected chi connectivity index (χ3v) is 4.85. The minimum absolute atomic E-state index is 0.0793. The van der Waals surface area contributed by atoms with Crippen molar-refractivity contribution in [2.45, 2.75) is 13.0 Å². The van der Waals surface area contributed by atoms with Gasteiger partial charge in [0, 0.05) is 25.7 Å². The Bertz CT molecular complexity index is 836. The van der Waals surface area contributed by atoms with Crippen LogP contribution in [0, 0.1) is 0 Å². The van der Waals surface area contributed by atoms with Crippen LogP contribution in [0.15, 0.2) is 48.5 Å². The van der Waals surface area contributed by atoms with E-state index < -0.39 is 0 Å². The van der Waals surface area contributed by atoms with Crippen molar-refractivity contribution in [3.63, 3.8) is 0 Å². The van der Waals surface area contributed by atoms with E-state index in [2.05, 4.69) is 0 Å². The van der Waals surface area contributed by atoms with Crippen LogP contribution in [0.25, 0.3) is 0 Å². The first kappa shape index (κ1) is 18.8. The monoisotopic (exact) mass is 368 g/mol. The number of carbonyl (C=O) groups excluding carboxylic acids is 2. The Morgan fingerprint density at radius 3 is 1.89 bits per heavy atom.